The molecule has 0 aliphatic carbocycles. The second kappa shape index (κ2) is 5.45. The van der Waals surface area contributed by atoms with Crippen LogP contribution >= 0.6 is 0 Å². The van der Waals surface area contributed by atoms with Crippen LogP contribution in [-0.2, 0) is 6.42 Å². The molecule has 0 saturated heterocycles. The van der Waals surface area contributed by atoms with Crippen molar-refractivity contribution in [2.45, 2.75) is 32.0 Å². The van der Waals surface area contributed by atoms with Gasteiger partial charge >= 0.3 is 0 Å². The summed E-state index contributed by atoms with van der Waals surface area (Å²) < 4.78 is 22.2. The SMILES string of the molecule is COc1ccc2c(OC)c3c(nc2c1OC)OC(C(C)(C)O)C3. The molecule has 1 aliphatic heterocycles. The first-order chi connectivity index (χ1) is 10.9. The highest BCUT2D eigenvalue weighted by Crippen LogP contribution is 2.45. The van der Waals surface area contributed by atoms with E-state index in [0.29, 0.717) is 35.1 Å². The van der Waals surface area contributed by atoms with Crippen LogP contribution in [0.15, 0.2) is 12.1 Å². The zero-order valence-electron chi connectivity index (χ0n) is 14.0. The van der Waals surface area contributed by atoms with Crippen LogP contribution in [0.25, 0.3) is 10.9 Å². The van der Waals surface area contributed by atoms with Crippen LogP contribution in [0, 0.1) is 0 Å². The van der Waals surface area contributed by atoms with E-state index in [0.717, 1.165) is 10.9 Å². The lowest BCUT2D eigenvalue weighted by Crippen LogP contribution is -2.39. The van der Waals surface area contributed by atoms with Crippen molar-refractivity contribution in [3.63, 3.8) is 0 Å². The number of methoxy groups -OCH3 is 3. The van der Waals surface area contributed by atoms with Gasteiger partial charge in [0, 0.05) is 11.8 Å². The maximum atomic E-state index is 10.2. The lowest BCUT2D eigenvalue weighted by atomic mass is 9.96. The summed E-state index contributed by atoms with van der Waals surface area (Å²) in [6.07, 6.45) is 0.169. The third-order valence-electron chi connectivity index (χ3n) is 4.15. The molecule has 1 atom stereocenters. The van der Waals surface area contributed by atoms with Gasteiger partial charge in [-0.15, -0.1) is 0 Å². The maximum absolute atomic E-state index is 10.2. The van der Waals surface area contributed by atoms with Crippen molar-refractivity contribution in [1.82, 2.24) is 4.98 Å². The lowest BCUT2D eigenvalue weighted by molar-refractivity contribution is -0.0243. The molecule has 0 bridgehead atoms. The number of nitrogens with zero attached hydrogens (tertiary/aromatic N) is 1. The van der Waals surface area contributed by atoms with Crippen molar-refractivity contribution >= 4 is 10.9 Å². The summed E-state index contributed by atoms with van der Waals surface area (Å²) in [4.78, 5) is 4.59. The van der Waals surface area contributed by atoms with Crippen molar-refractivity contribution in [3.05, 3.63) is 17.7 Å². The van der Waals surface area contributed by atoms with Crippen LogP contribution in [0.2, 0.25) is 0 Å². The van der Waals surface area contributed by atoms with E-state index in [2.05, 4.69) is 4.98 Å². The third-order valence-corrected chi connectivity index (χ3v) is 4.15. The van der Waals surface area contributed by atoms with Gasteiger partial charge in [0.1, 0.15) is 17.4 Å². The van der Waals surface area contributed by atoms with Crippen molar-refractivity contribution in [2.75, 3.05) is 21.3 Å². The fourth-order valence-electron chi connectivity index (χ4n) is 2.90. The molecular weight excluding hydrogens is 298 g/mol. The van der Waals surface area contributed by atoms with Crippen LogP contribution in [0.3, 0.4) is 0 Å². The normalized spacial score (nSPS) is 16.9. The fourth-order valence-corrected chi connectivity index (χ4v) is 2.90. The predicted octanol–water partition coefficient (Wildman–Crippen LogP) is 2.33. The second-order valence-electron chi connectivity index (χ2n) is 6.09. The summed E-state index contributed by atoms with van der Waals surface area (Å²) in [5.41, 5.74) is 0.498. The Morgan fingerprint density at radius 2 is 1.83 bits per heavy atom. The molecule has 0 amide bonds. The van der Waals surface area contributed by atoms with Gasteiger partial charge in [0.25, 0.3) is 0 Å². The van der Waals surface area contributed by atoms with Crippen LogP contribution in [0.1, 0.15) is 19.4 Å². The highest BCUT2D eigenvalue weighted by Gasteiger charge is 2.38. The third kappa shape index (κ3) is 2.43. The minimum absolute atomic E-state index is 0.372. The number of pyridine rings is 1. The van der Waals surface area contributed by atoms with Gasteiger partial charge < -0.3 is 24.1 Å². The molecule has 1 aromatic carbocycles. The van der Waals surface area contributed by atoms with E-state index in [9.17, 15) is 5.11 Å². The summed E-state index contributed by atoms with van der Waals surface area (Å²) in [6.45, 7) is 3.44. The standard InChI is InChI=1S/C17H21NO5/c1-17(2,19)12-8-10-14(21-4)9-6-7-11(20-3)15(22-5)13(9)18-16(10)23-12/h6-7,12,19H,8H2,1-5H3. The van der Waals surface area contributed by atoms with Crippen molar-refractivity contribution in [3.8, 4) is 23.1 Å². The fraction of sp³-hybridized carbons (Fsp3) is 0.471. The largest absolute Gasteiger partial charge is 0.496 e. The Bertz CT molecular complexity index is 751. The first-order valence-corrected chi connectivity index (χ1v) is 7.41. The van der Waals surface area contributed by atoms with E-state index in [1.165, 1.54) is 0 Å². The molecule has 2 heterocycles. The van der Waals surface area contributed by atoms with Gasteiger partial charge in [0.05, 0.1) is 32.5 Å². The second-order valence-corrected chi connectivity index (χ2v) is 6.09. The summed E-state index contributed by atoms with van der Waals surface area (Å²) >= 11 is 0. The molecule has 2 aromatic rings. The summed E-state index contributed by atoms with van der Waals surface area (Å²) in [6, 6.07) is 3.71. The Hall–Kier alpha value is -2.21. The monoisotopic (exact) mass is 319 g/mol. The molecule has 124 valence electrons. The summed E-state index contributed by atoms with van der Waals surface area (Å²) in [5.74, 6) is 2.28. The molecule has 0 fully saturated rings. The quantitative estimate of drug-likeness (QED) is 0.933. The summed E-state index contributed by atoms with van der Waals surface area (Å²) in [5, 5.41) is 11.1. The molecule has 3 rings (SSSR count). The van der Waals surface area contributed by atoms with Gasteiger partial charge in [-0.25, -0.2) is 4.98 Å². The maximum Gasteiger partial charge on any atom is 0.221 e. The molecule has 6 nitrogen and oxygen atoms in total. The van der Waals surface area contributed by atoms with E-state index >= 15 is 0 Å². The average Bonchev–Trinajstić information content (AvgIpc) is 2.95. The van der Waals surface area contributed by atoms with Gasteiger partial charge in [-0.05, 0) is 26.0 Å². The number of aliphatic hydroxyl groups is 1. The highest BCUT2D eigenvalue weighted by molar-refractivity contribution is 5.94. The number of fused-ring (bicyclic) bond motifs is 2. The lowest BCUT2D eigenvalue weighted by Gasteiger charge is -2.24. The van der Waals surface area contributed by atoms with E-state index in [4.69, 9.17) is 18.9 Å². The molecule has 0 saturated carbocycles. The average molecular weight is 319 g/mol. The van der Waals surface area contributed by atoms with Crippen molar-refractivity contribution in [1.29, 1.82) is 0 Å². The van der Waals surface area contributed by atoms with Gasteiger partial charge in [0.15, 0.2) is 11.5 Å². The number of rotatable bonds is 4. The van der Waals surface area contributed by atoms with Crippen LogP contribution < -0.4 is 18.9 Å². The number of benzene rings is 1. The number of aromatic nitrogens is 1. The van der Waals surface area contributed by atoms with Crippen molar-refractivity contribution < 1.29 is 24.1 Å². The molecule has 1 aromatic heterocycles. The minimum atomic E-state index is -0.973. The zero-order chi connectivity index (χ0) is 16.8. The first kappa shape index (κ1) is 15.7. The molecule has 1 aliphatic rings. The van der Waals surface area contributed by atoms with Crippen LogP contribution in [-0.4, -0.2) is 43.1 Å². The van der Waals surface area contributed by atoms with E-state index < -0.39 is 5.60 Å². The Balaban J connectivity index is 2.24. The van der Waals surface area contributed by atoms with Crippen LogP contribution in [0.4, 0.5) is 0 Å². The van der Waals surface area contributed by atoms with E-state index in [1.54, 1.807) is 35.2 Å². The van der Waals surface area contributed by atoms with Gasteiger partial charge in [-0.2, -0.15) is 0 Å². The Labute approximate surface area is 134 Å². The summed E-state index contributed by atoms with van der Waals surface area (Å²) in [7, 11) is 4.76. The smallest absolute Gasteiger partial charge is 0.221 e. The molecule has 0 spiro atoms. The predicted molar refractivity (Wildman–Crippen MR) is 85.8 cm³/mol. The Morgan fingerprint density at radius 1 is 1.13 bits per heavy atom. The number of hydrogen-bond donors (Lipinski definition) is 1. The van der Waals surface area contributed by atoms with Gasteiger partial charge in [-0.1, -0.05) is 0 Å². The number of ether oxygens (including phenoxy) is 4. The van der Waals surface area contributed by atoms with E-state index in [1.807, 2.05) is 12.1 Å². The molecule has 6 heteroatoms. The Morgan fingerprint density at radius 3 is 2.39 bits per heavy atom. The topological polar surface area (TPSA) is 70.0 Å². The number of hydrogen-bond acceptors (Lipinski definition) is 6. The first-order valence-electron chi connectivity index (χ1n) is 7.41. The molecule has 1 N–H and O–H groups in total. The zero-order valence-corrected chi connectivity index (χ0v) is 14.0. The van der Waals surface area contributed by atoms with Crippen LogP contribution in [0.5, 0.6) is 23.1 Å². The molecule has 0 radical (unpaired) electrons. The van der Waals surface area contributed by atoms with Gasteiger partial charge in [-0.3, -0.25) is 0 Å². The highest BCUT2D eigenvalue weighted by atomic mass is 16.5. The Kier molecular flexibility index (Phi) is 3.72. The molecular formula is C17H21NO5. The van der Waals surface area contributed by atoms with Crippen molar-refractivity contribution in [2.24, 2.45) is 0 Å². The van der Waals surface area contributed by atoms with Gasteiger partial charge in [0.2, 0.25) is 5.88 Å². The van der Waals surface area contributed by atoms with E-state index in [-0.39, 0.29) is 6.10 Å². The molecule has 23 heavy (non-hydrogen) atoms. The molecule has 1 unspecified atom stereocenters. The minimum Gasteiger partial charge on any atom is -0.496 e.